The number of carbonyl (C=O) groups excluding carboxylic acids is 2. The molecule has 0 heterocycles. The molecule has 0 aromatic rings. The fourth-order valence-electron chi connectivity index (χ4n) is 1.74. The van der Waals surface area contributed by atoms with E-state index in [1.165, 1.54) is 11.9 Å². The maximum atomic E-state index is 12.2. The van der Waals surface area contributed by atoms with Crippen LogP contribution in [0.15, 0.2) is 0 Å². The van der Waals surface area contributed by atoms with Gasteiger partial charge in [-0.25, -0.2) is 0 Å². The Morgan fingerprint density at radius 1 is 1.14 bits per heavy atom. The smallest absolute Gasteiger partial charge is 0.310 e. The molecule has 0 radical (unpaired) electrons. The van der Waals surface area contributed by atoms with Crippen molar-refractivity contribution in [1.29, 1.82) is 0 Å². The molecule has 0 aliphatic heterocycles. The third-order valence-corrected chi connectivity index (χ3v) is 3.60. The predicted octanol–water partition coefficient (Wildman–Crippen LogP) is 1.50. The first-order valence-electron chi connectivity index (χ1n) is 7.08. The predicted molar refractivity (Wildman–Crippen MR) is 80.7 cm³/mol. The van der Waals surface area contributed by atoms with Crippen molar-refractivity contribution in [2.24, 2.45) is 11.3 Å². The van der Waals surface area contributed by atoms with Crippen LogP contribution in [0.1, 0.15) is 48.0 Å². The summed E-state index contributed by atoms with van der Waals surface area (Å²) >= 11 is 0. The standard InChI is InChI=1S/C15H28N2O4/c1-10(2)15(6,13(20)21)8-12(19)17(7)9-11(18)16-14(3,4)5/h10H,8-9H2,1-7H3,(H,16,18)(H,20,21). The molecule has 2 amide bonds. The maximum absolute atomic E-state index is 12.2. The molecular weight excluding hydrogens is 272 g/mol. The van der Waals surface area contributed by atoms with Crippen LogP contribution in [0.5, 0.6) is 0 Å². The van der Waals surface area contributed by atoms with E-state index in [9.17, 15) is 19.5 Å². The molecule has 0 saturated carbocycles. The molecule has 6 heteroatoms. The molecule has 6 nitrogen and oxygen atoms in total. The summed E-state index contributed by atoms with van der Waals surface area (Å²) in [5, 5.41) is 12.1. The molecular formula is C15H28N2O4. The van der Waals surface area contributed by atoms with Crippen molar-refractivity contribution in [1.82, 2.24) is 10.2 Å². The molecule has 1 unspecified atom stereocenters. The summed E-state index contributed by atoms with van der Waals surface area (Å²) in [5.41, 5.74) is -1.50. The zero-order valence-electron chi connectivity index (χ0n) is 14.1. The lowest BCUT2D eigenvalue weighted by Crippen LogP contribution is -2.47. The summed E-state index contributed by atoms with van der Waals surface area (Å²) in [5.74, 6) is -1.80. The van der Waals surface area contributed by atoms with Gasteiger partial charge in [-0.1, -0.05) is 13.8 Å². The first-order valence-corrected chi connectivity index (χ1v) is 7.08. The molecule has 0 aliphatic carbocycles. The second-order valence-corrected chi connectivity index (χ2v) is 7.10. The van der Waals surface area contributed by atoms with Gasteiger partial charge < -0.3 is 15.3 Å². The van der Waals surface area contributed by atoms with Crippen LogP contribution in [0.2, 0.25) is 0 Å². The lowest BCUT2D eigenvalue weighted by atomic mass is 9.76. The highest BCUT2D eigenvalue weighted by Crippen LogP contribution is 2.31. The minimum absolute atomic E-state index is 0.0795. The van der Waals surface area contributed by atoms with Gasteiger partial charge in [-0.3, -0.25) is 14.4 Å². The van der Waals surface area contributed by atoms with Gasteiger partial charge in [0.2, 0.25) is 11.8 Å². The molecule has 1 atom stereocenters. The average molecular weight is 300 g/mol. The summed E-state index contributed by atoms with van der Waals surface area (Å²) in [7, 11) is 1.51. The number of carboxylic acid groups (broad SMARTS) is 1. The van der Waals surface area contributed by atoms with Crippen molar-refractivity contribution < 1.29 is 19.5 Å². The lowest BCUT2D eigenvalue weighted by molar-refractivity contribution is -0.155. The largest absolute Gasteiger partial charge is 0.481 e. The Morgan fingerprint density at radius 2 is 1.62 bits per heavy atom. The second kappa shape index (κ2) is 6.91. The van der Waals surface area contributed by atoms with Crippen molar-refractivity contribution in [3.63, 3.8) is 0 Å². The Bertz CT molecular complexity index is 412. The van der Waals surface area contributed by atoms with E-state index >= 15 is 0 Å². The van der Waals surface area contributed by atoms with Crippen LogP contribution in [-0.4, -0.2) is 46.9 Å². The van der Waals surface area contributed by atoms with Crippen LogP contribution >= 0.6 is 0 Å². The van der Waals surface area contributed by atoms with Gasteiger partial charge in [0.1, 0.15) is 0 Å². The number of likely N-dealkylation sites (N-methyl/N-ethyl adjacent to an activating group) is 1. The third kappa shape index (κ3) is 6.14. The highest BCUT2D eigenvalue weighted by atomic mass is 16.4. The zero-order chi connectivity index (χ0) is 17.0. The van der Waals surface area contributed by atoms with Gasteiger partial charge in [0.25, 0.3) is 0 Å². The molecule has 0 aliphatic rings. The van der Waals surface area contributed by atoms with Crippen molar-refractivity contribution in [3.05, 3.63) is 0 Å². The highest BCUT2D eigenvalue weighted by Gasteiger charge is 2.39. The summed E-state index contributed by atoms with van der Waals surface area (Å²) in [4.78, 5) is 36.6. The molecule has 0 spiro atoms. The van der Waals surface area contributed by atoms with Gasteiger partial charge in [0.15, 0.2) is 0 Å². The minimum Gasteiger partial charge on any atom is -0.481 e. The van der Waals surface area contributed by atoms with Gasteiger partial charge in [0.05, 0.1) is 12.0 Å². The zero-order valence-corrected chi connectivity index (χ0v) is 14.1. The van der Waals surface area contributed by atoms with E-state index in [-0.39, 0.29) is 36.2 Å². The Hall–Kier alpha value is -1.59. The van der Waals surface area contributed by atoms with Crippen molar-refractivity contribution >= 4 is 17.8 Å². The van der Waals surface area contributed by atoms with E-state index in [0.29, 0.717) is 0 Å². The quantitative estimate of drug-likeness (QED) is 0.778. The molecule has 0 fully saturated rings. The molecule has 0 aromatic heterocycles. The van der Waals surface area contributed by atoms with E-state index in [1.54, 1.807) is 20.8 Å². The Kier molecular flexibility index (Phi) is 6.39. The fraction of sp³-hybridized carbons (Fsp3) is 0.800. The van der Waals surface area contributed by atoms with Crippen molar-refractivity contribution in [2.45, 2.75) is 53.5 Å². The first kappa shape index (κ1) is 19.4. The molecule has 0 rings (SSSR count). The molecule has 0 bridgehead atoms. The highest BCUT2D eigenvalue weighted by molar-refractivity contribution is 5.88. The summed E-state index contributed by atoms with van der Waals surface area (Å²) in [6.07, 6.45) is -0.126. The second-order valence-electron chi connectivity index (χ2n) is 7.10. The monoisotopic (exact) mass is 300 g/mol. The summed E-state index contributed by atoms with van der Waals surface area (Å²) < 4.78 is 0. The van der Waals surface area contributed by atoms with E-state index < -0.39 is 11.4 Å². The van der Waals surface area contributed by atoms with E-state index in [0.717, 1.165) is 0 Å². The Balaban J connectivity index is 4.73. The number of carbonyl (C=O) groups is 3. The number of aliphatic carboxylic acids is 1. The number of amides is 2. The molecule has 0 saturated heterocycles. The lowest BCUT2D eigenvalue weighted by Gasteiger charge is -2.30. The number of nitrogens with one attached hydrogen (secondary N) is 1. The molecule has 2 N–H and O–H groups in total. The van der Waals surface area contributed by atoms with Gasteiger partial charge in [-0.05, 0) is 33.6 Å². The topological polar surface area (TPSA) is 86.7 Å². The maximum Gasteiger partial charge on any atom is 0.310 e. The SMILES string of the molecule is CC(C)C(C)(CC(=O)N(C)CC(=O)NC(C)(C)C)C(=O)O. The first-order chi connectivity index (χ1) is 9.29. The third-order valence-electron chi connectivity index (χ3n) is 3.60. The van der Waals surface area contributed by atoms with Crippen LogP contribution in [-0.2, 0) is 14.4 Å². The Labute approximate surface area is 126 Å². The van der Waals surface area contributed by atoms with Crippen LogP contribution in [0, 0.1) is 11.3 Å². The molecule has 122 valence electrons. The van der Waals surface area contributed by atoms with Crippen molar-refractivity contribution in [3.8, 4) is 0 Å². The van der Waals surface area contributed by atoms with Gasteiger partial charge in [-0.15, -0.1) is 0 Å². The number of rotatable bonds is 6. The van der Waals surface area contributed by atoms with Gasteiger partial charge in [0, 0.05) is 19.0 Å². The van der Waals surface area contributed by atoms with Gasteiger partial charge >= 0.3 is 5.97 Å². The molecule has 0 aromatic carbocycles. The number of nitrogens with zero attached hydrogens (tertiary/aromatic N) is 1. The fourth-order valence-corrected chi connectivity index (χ4v) is 1.74. The van der Waals surface area contributed by atoms with E-state index in [4.69, 9.17) is 0 Å². The Morgan fingerprint density at radius 3 is 1.95 bits per heavy atom. The van der Waals surface area contributed by atoms with Gasteiger partial charge in [-0.2, -0.15) is 0 Å². The van der Waals surface area contributed by atoms with Crippen LogP contribution in [0.3, 0.4) is 0 Å². The normalized spacial score (nSPS) is 14.5. The van der Waals surface area contributed by atoms with E-state index in [2.05, 4.69) is 5.32 Å². The minimum atomic E-state index is -1.13. The van der Waals surface area contributed by atoms with E-state index in [1.807, 2.05) is 20.8 Å². The number of carboxylic acids is 1. The summed E-state index contributed by atoms with van der Waals surface area (Å²) in [6, 6.07) is 0. The number of hydrogen-bond acceptors (Lipinski definition) is 3. The van der Waals surface area contributed by atoms with Crippen molar-refractivity contribution in [2.75, 3.05) is 13.6 Å². The van der Waals surface area contributed by atoms with Crippen LogP contribution in [0.4, 0.5) is 0 Å². The molecule has 21 heavy (non-hydrogen) atoms. The van der Waals surface area contributed by atoms with Crippen LogP contribution < -0.4 is 5.32 Å². The van der Waals surface area contributed by atoms with Crippen LogP contribution in [0.25, 0.3) is 0 Å². The number of hydrogen-bond donors (Lipinski definition) is 2. The summed E-state index contributed by atoms with van der Waals surface area (Å²) in [6.45, 7) is 10.6. The average Bonchev–Trinajstić information content (AvgIpc) is 2.24.